The molecule has 3 N–H and O–H groups in total. The van der Waals surface area contributed by atoms with E-state index in [1.54, 1.807) is 0 Å². The number of aryl methyl sites for hydroxylation is 2. The Hall–Kier alpha value is -0.940. The van der Waals surface area contributed by atoms with E-state index in [2.05, 4.69) is 17.2 Å². The molecule has 1 amide bonds. The Morgan fingerprint density at radius 2 is 2.18 bits per heavy atom. The van der Waals surface area contributed by atoms with Gasteiger partial charge in [0.15, 0.2) is 5.13 Å². The number of rotatable bonds is 3. The molecule has 0 aliphatic heterocycles. The van der Waals surface area contributed by atoms with Crippen LogP contribution in [-0.2, 0) is 11.2 Å². The number of carbonyl (C=O) groups is 1. The molecular weight excluding hydrogens is 234 g/mol. The van der Waals surface area contributed by atoms with E-state index < -0.39 is 5.54 Å². The smallest absolute Gasteiger partial charge is 0.246 e. The quantitative estimate of drug-likeness (QED) is 0.868. The maximum Gasteiger partial charge on any atom is 0.246 e. The van der Waals surface area contributed by atoms with E-state index >= 15 is 0 Å². The van der Waals surface area contributed by atoms with Crippen LogP contribution in [0.2, 0.25) is 0 Å². The molecule has 1 aliphatic rings. The Labute approximate surface area is 106 Å². The van der Waals surface area contributed by atoms with E-state index in [9.17, 15) is 4.79 Å². The third-order valence-electron chi connectivity index (χ3n) is 3.40. The number of nitrogens with two attached hydrogens (primary N) is 1. The van der Waals surface area contributed by atoms with Crippen molar-refractivity contribution < 1.29 is 4.79 Å². The van der Waals surface area contributed by atoms with E-state index in [1.807, 2.05) is 6.92 Å². The van der Waals surface area contributed by atoms with Crippen molar-refractivity contribution in [2.45, 2.75) is 51.5 Å². The molecule has 0 unspecified atom stereocenters. The minimum absolute atomic E-state index is 0.0774. The van der Waals surface area contributed by atoms with E-state index in [4.69, 9.17) is 5.73 Å². The van der Waals surface area contributed by atoms with Gasteiger partial charge in [0.25, 0.3) is 0 Å². The van der Waals surface area contributed by atoms with Crippen molar-refractivity contribution in [1.82, 2.24) is 4.98 Å². The highest BCUT2D eigenvalue weighted by atomic mass is 32.1. The highest BCUT2D eigenvalue weighted by Gasteiger charge is 2.37. The summed E-state index contributed by atoms with van der Waals surface area (Å²) in [5, 5.41) is 3.54. The van der Waals surface area contributed by atoms with Gasteiger partial charge < -0.3 is 11.1 Å². The largest absolute Gasteiger partial charge is 0.317 e. The number of amides is 1. The highest BCUT2D eigenvalue weighted by Crippen LogP contribution is 2.29. The van der Waals surface area contributed by atoms with Gasteiger partial charge >= 0.3 is 0 Å². The average Bonchev–Trinajstić information content (AvgIpc) is 2.86. The molecular formula is C12H19N3OS. The molecule has 1 fully saturated rings. The third-order valence-corrected chi connectivity index (χ3v) is 4.32. The first-order valence-electron chi connectivity index (χ1n) is 6.12. The number of hydrogen-bond acceptors (Lipinski definition) is 4. The second-order valence-electron chi connectivity index (χ2n) is 4.69. The molecule has 0 aromatic carbocycles. The standard InChI is InChI=1S/C12H19N3OS/c1-3-9-8(2)17-11(14-9)15-10(16)12(13)6-4-5-7-12/h3-7,13H2,1-2H3,(H,14,15,16). The zero-order valence-corrected chi connectivity index (χ0v) is 11.2. The molecule has 0 atom stereocenters. The summed E-state index contributed by atoms with van der Waals surface area (Å²) in [5.74, 6) is -0.0774. The van der Waals surface area contributed by atoms with Crippen molar-refractivity contribution in [3.05, 3.63) is 10.6 Å². The summed E-state index contributed by atoms with van der Waals surface area (Å²) < 4.78 is 0. The van der Waals surface area contributed by atoms with Crippen molar-refractivity contribution in [1.29, 1.82) is 0 Å². The van der Waals surface area contributed by atoms with Crippen LogP contribution < -0.4 is 11.1 Å². The summed E-state index contributed by atoms with van der Waals surface area (Å²) in [4.78, 5) is 17.6. The van der Waals surface area contributed by atoms with Gasteiger partial charge in [0.1, 0.15) is 0 Å². The monoisotopic (exact) mass is 253 g/mol. The second-order valence-corrected chi connectivity index (χ2v) is 5.90. The minimum Gasteiger partial charge on any atom is -0.317 e. The van der Waals surface area contributed by atoms with Gasteiger partial charge in [-0.1, -0.05) is 19.8 Å². The van der Waals surface area contributed by atoms with E-state index in [0.29, 0.717) is 5.13 Å². The predicted molar refractivity (Wildman–Crippen MR) is 70.2 cm³/mol. The Kier molecular flexibility index (Phi) is 3.49. The number of nitrogens with one attached hydrogen (secondary N) is 1. The first-order chi connectivity index (χ1) is 8.05. The van der Waals surface area contributed by atoms with Crippen molar-refractivity contribution in [2.24, 2.45) is 5.73 Å². The summed E-state index contributed by atoms with van der Waals surface area (Å²) in [5.41, 5.74) is 6.48. The lowest BCUT2D eigenvalue weighted by Crippen LogP contribution is -2.48. The maximum atomic E-state index is 12.1. The van der Waals surface area contributed by atoms with Gasteiger partial charge in [-0.15, -0.1) is 11.3 Å². The number of anilines is 1. The van der Waals surface area contributed by atoms with Gasteiger partial charge in [-0.2, -0.15) is 0 Å². The third kappa shape index (κ3) is 2.50. The molecule has 94 valence electrons. The lowest BCUT2D eigenvalue weighted by atomic mass is 9.98. The second kappa shape index (κ2) is 4.74. The maximum absolute atomic E-state index is 12.1. The zero-order valence-electron chi connectivity index (χ0n) is 10.4. The fourth-order valence-corrected chi connectivity index (χ4v) is 3.16. The Morgan fingerprint density at radius 3 is 2.71 bits per heavy atom. The minimum atomic E-state index is -0.675. The summed E-state index contributed by atoms with van der Waals surface area (Å²) in [6.45, 7) is 4.09. The fraction of sp³-hybridized carbons (Fsp3) is 0.667. The fourth-order valence-electron chi connectivity index (χ4n) is 2.26. The SMILES string of the molecule is CCc1nc(NC(=O)C2(N)CCCC2)sc1C. The van der Waals surface area contributed by atoms with Crippen molar-refractivity contribution in [3.8, 4) is 0 Å². The molecule has 0 bridgehead atoms. The highest BCUT2D eigenvalue weighted by molar-refractivity contribution is 7.15. The van der Waals surface area contributed by atoms with Crippen molar-refractivity contribution >= 4 is 22.4 Å². The van der Waals surface area contributed by atoms with Gasteiger partial charge in [-0.05, 0) is 26.2 Å². The topological polar surface area (TPSA) is 68.0 Å². The van der Waals surface area contributed by atoms with Crippen LogP contribution in [-0.4, -0.2) is 16.4 Å². The number of hydrogen-bond donors (Lipinski definition) is 2. The molecule has 5 heteroatoms. The first-order valence-corrected chi connectivity index (χ1v) is 6.93. The molecule has 0 spiro atoms. The van der Waals surface area contributed by atoms with Gasteiger partial charge in [0.2, 0.25) is 5.91 Å². The molecule has 1 aliphatic carbocycles. The normalized spacial score (nSPS) is 18.3. The predicted octanol–water partition coefficient (Wildman–Crippen LogP) is 2.22. The average molecular weight is 253 g/mol. The summed E-state index contributed by atoms with van der Waals surface area (Å²) in [6, 6.07) is 0. The van der Waals surface area contributed by atoms with E-state index in [-0.39, 0.29) is 5.91 Å². The summed E-state index contributed by atoms with van der Waals surface area (Å²) >= 11 is 1.53. The lowest BCUT2D eigenvalue weighted by Gasteiger charge is -2.21. The van der Waals surface area contributed by atoms with Gasteiger partial charge in [-0.25, -0.2) is 4.98 Å². The Morgan fingerprint density at radius 1 is 1.53 bits per heavy atom. The molecule has 17 heavy (non-hydrogen) atoms. The molecule has 1 heterocycles. The molecule has 4 nitrogen and oxygen atoms in total. The van der Waals surface area contributed by atoms with Gasteiger partial charge in [-0.3, -0.25) is 4.79 Å². The summed E-state index contributed by atoms with van der Waals surface area (Å²) in [7, 11) is 0. The van der Waals surface area contributed by atoms with Gasteiger partial charge in [0, 0.05) is 4.88 Å². The van der Waals surface area contributed by atoms with Crippen LogP contribution in [0.3, 0.4) is 0 Å². The van der Waals surface area contributed by atoms with Crippen LogP contribution in [0.1, 0.15) is 43.2 Å². The lowest BCUT2D eigenvalue weighted by molar-refractivity contribution is -0.121. The van der Waals surface area contributed by atoms with Crippen LogP contribution in [0.5, 0.6) is 0 Å². The van der Waals surface area contributed by atoms with E-state index in [1.165, 1.54) is 16.2 Å². The molecule has 1 aromatic rings. The number of thiazole rings is 1. The molecule has 1 saturated carbocycles. The molecule has 0 radical (unpaired) electrons. The Balaban J connectivity index is 2.07. The number of aromatic nitrogens is 1. The first kappa shape index (κ1) is 12.5. The van der Waals surface area contributed by atoms with Crippen molar-refractivity contribution in [3.63, 3.8) is 0 Å². The Bertz CT molecular complexity index is 421. The number of carbonyl (C=O) groups excluding carboxylic acids is 1. The summed E-state index contributed by atoms with van der Waals surface area (Å²) in [6.07, 6.45) is 4.54. The molecule has 2 rings (SSSR count). The van der Waals surface area contributed by atoms with Crippen molar-refractivity contribution in [2.75, 3.05) is 5.32 Å². The van der Waals surface area contributed by atoms with Crippen LogP contribution >= 0.6 is 11.3 Å². The number of nitrogens with zero attached hydrogens (tertiary/aromatic N) is 1. The van der Waals surface area contributed by atoms with Crippen LogP contribution in [0.25, 0.3) is 0 Å². The zero-order chi connectivity index (χ0) is 12.5. The molecule has 1 aromatic heterocycles. The van der Waals surface area contributed by atoms with Crippen LogP contribution in [0.4, 0.5) is 5.13 Å². The van der Waals surface area contributed by atoms with E-state index in [0.717, 1.165) is 37.8 Å². The van der Waals surface area contributed by atoms with Crippen LogP contribution in [0.15, 0.2) is 0 Å². The molecule has 0 saturated heterocycles. The van der Waals surface area contributed by atoms with Crippen LogP contribution in [0, 0.1) is 6.92 Å². The van der Waals surface area contributed by atoms with Gasteiger partial charge in [0.05, 0.1) is 11.2 Å².